The molecule has 0 saturated heterocycles. The van der Waals surface area contributed by atoms with Crippen LogP contribution in [0, 0.1) is 11.7 Å². The second-order valence-corrected chi connectivity index (χ2v) is 7.05. The standard InChI is InChI=1S/C21H19F4N/c22-19-11-15-9-10-26(13-14-5-1-2-6-14)20(15)12-17(19)16-7-3-4-8-18(16)21(23,24)25/h3-4,7-12,14H,1-2,5-6,13H2. The van der Waals surface area contributed by atoms with Crippen LogP contribution in [0.1, 0.15) is 31.2 Å². The Kier molecular flexibility index (Phi) is 4.25. The Labute approximate surface area is 149 Å². The van der Waals surface area contributed by atoms with Crippen molar-refractivity contribution in [3.63, 3.8) is 0 Å². The Morgan fingerprint density at radius 2 is 1.69 bits per heavy atom. The van der Waals surface area contributed by atoms with Gasteiger partial charge in [0.2, 0.25) is 0 Å². The first-order valence-corrected chi connectivity index (χ1v) is 8.88. The molecule has 0 spiro atoms. The molecule has 1 fully saturated rings. The van der Waals surface area contributed by atoms with Gasteiger partial charge in [-0.1, -0.05) is 31.0 Å². The topological polar surface area (TPSA) is 4.93 Å². The Hall–Kier alpha value is -2.30. The zero-order valence-corrected chi connectivity index (χ0v) is 14.2. The largest absolute Gasteiger partial charge is 0.417 e. The Balaban J connectivity index is 1.82. The fourth-order valence-corrected chi connectivity index (χ4v) is 4.01. The van der Waals surface area contributed by atoms with E-state index in [1.807, 2.05) is 16.8 Å². The minimum absolute atomic E-state index is 0.00297. The van der Waals surface area contributed by atoms with Gasteiger partial charge >= 0.3 is 6.18 Å². The van der Waals surface area contributed by atoms with Crippen molar-refractivity contribution < 1.29 is 17.6 Å². The molecule has 1 aromatic heterocycles. The summed E-state index contributed by atoms with van der Waals surface area (Å²) in [5.74, 6) is -0.0469. The van der Waals surface area contributed by atoms with Crippen LogP contribution < -0.4 is 0 Å². The van der Waals surface area contributed by atoms with Gasteiger partial charge < -0.3 is 4.57 Å². The van der Waals surface area contributed by atoms with E-state index in [9.17, 15) is 17.6 Å². The van der Waals surface area contributed by atoms with Crippen LogP contribution in [0.4, 0.5) is 17.6 Å². The molecule has 0 atom stereocenters. The SMILES string of the molecule is Fc1cc2ccn(CC3CCCC3)c2cc1-c1ccccc1C(F)(F)F. The van der Waals surface area contributed by atoms with Gasteiger partial charge in [-0.3, -0.25) is 0 Å². The molecule has 4 rings (SSSR count). The molecule has 5 heteroatoms. The van der Waals surface area contributed by atoms with E-state index in [0.717, 1.165) is 18.1 Å². The van der Waals surface area contributed by atoms with E-state index >= 15 is 0 Å². The summed E-state index contributed by atoms with van der Waals surface area (Å²) in [6.07, 6.45) is 2.17. The molecule has 0 N–H and O–H groups in total. The van der Waals surface area contributed by atoms with Crippen LogP contribution in [0.15, 0.2) is 48.7 Å². The van der Waals surface area contributed by atoms with Gasteiger partial charge in [-0.25, -0.2) is 4.39 Å². The lowest BCUT2D eigenvalue weighted by Crippen LogP contribution is -2.08. The van der Waals surface area contributed by atoms with Crippen LogP contribution in [-0.4, -0.2) is 4.57 Å². The summed E-state index contributed by atoms with van der Waals surface area (Å²) in [5, 5.41) is 0.716. The van der Waals surface area contributed by atoms with E-state index in [-0.39, 0.29) is 11.1 Å². The van der Waals surface area contributed by atoms with E-state index < -0.39 is 17.6 Å². The van der Waals surface area contributed by atoms with Crippen LogP contribution in [-0.2, 0) is 12.7 Å². The summed E-state index contributed by atoms with van der Waals surface area (Å²) in [5.41, 5.74) is -0.151. The zero-order valence-electron chi connectivity index (χ0n) is 14.2. The maximum atomic E-state index is 14.6. The highest BCUT2D eigenvalue weighted by Crippen LogP contribution is 2.39. The Morgan fingerprint density at radius 1 is 0.962 bits per heavy atom. The molecule has 26 heavy (non-hydrogen) atoms. The van der Waals surface area contributed by atoms with Gasteiger partial charge in [0, 0.05) is 29.2 Å². The first-order valence-electron chi connectivity index (χ1n) is 8.88. The van der Waals surface area contributed by atoms with E-state index in [0.29, 0.717) is 11.3 Å². The third kappa shape index (κ3) is 3.11. The molecular weight excluding hydrogens is 342 g/mol. The molecular formula is C21H19F4N. The van der Waals surface area contributed by atoms with Crippen LogP contribution in [0.2, 0.25) is 0 Å². The Bertz CT molecular complexity index is 933. The third-order valence-electron chi connectivity index (χ3n) is 5.31. The number of nitrogens with zero attached hydrogens (tertiary/aromatic N) is 1. The van der Waals surface area contributed by atoms with Crippen LogP contribution in [0.3, 0.4) is 0 Å². The van der Waals surface area contributed by atoms with Crippen molar-refractivity contribution >= 4 is 10.9 Å². The third-order valence-corrected chi connectivity index (χ3v) is 5.31. The second-order valence-electron chi connectivity index (χ2n) is 7.05. The minimum Gasteiger partial charge on any atom is -0.347 e. The molecule has 3 aromatic rings. The number of fused-ring (bicyclic) bond motifs is 1. The lowest BCUT2D eigenvalue weighted by Gasteiger charge is -2.15. The normalized spacial score (nSPS) is 15.8. The molecule has 1 nitrogen and oxygen atoms in total. The number of benzene rings is 2. The quantitative estimate of drug-likeness (QED) is 0.460. The monoisotopic (exact) mass is 361 g/mol. The highest BCUT2D eigenvalue weighted by atomic mass is 19.4. The first kappa shape index (κ1) is 17.1. The fourth-order valence-electron chi connectivity index (χ4n) is 4.01. The summed E-state index contributed by atoms with van der Waals surface area (Å²) < 4.78 is 56.7. The smallest absolute Gasteiger partial charge is 0.347 e. The van der Waals surface area contributed by atoms with Crippen LogP contribution >= 0.6 is 0 Å². The molecule has 1 aliphatic rings. The van der Waals surface area contributed by atoms with Crippen molar-refractivity contribution in [1.29, 1.82) is 0 Å². The fraction of sp³-hybridized carbons (Fsp3) is 0.333. The number of halogens is 4. The van der Waals surface area contributed by atoms with Crippen LogP contribution in [0.5, 0.6) is 0 Å². The highest BCUT2D eigenvalue weighted by molar-refractivity contribution is 5.86. The lowest BCUT2D eigenvalue weighted by molar-refractivity contribution is -0.137. The van der Waals surface area contributed by atoms with Crippen LogP contribution in [0.25, 0.3) is 22.0 Å². The molecule has 1 aliphatic carbocycles. The van der Waals surface area contributed by atoms with Crippen molar-refractivity contribution in [2.24, 2.45) is 5.92 Å². The van der Waals surface area contributed by atoms with Gasteiger partial charge in [0.1, 0.15) is 5.82 Å². The summed E-state index contributed by atoms with van der Waals surface area (Å²) in [4.78, 5) is 0. The number of aromatic nitrogens is 1. The van der Waals surface area contributed by atoms with Crippen molar-refractivity contribution in [3.8, 4) is 11.1 Å². The molecule has 1 saturated carbocycles. The molecule has 0 unspecified atom stereocenters. The zero-order chi connectivity index (χ0) is 18.3. The van der Waals surface area contributed by atoms with Gasteiger partial charge in [-0.15, -0.1) is 0 Å². The average molecular weight is 361 g/mol. The van der Waals surface area contributed by atoms with Gasteiger partial charge in [-0.2, -0.15) is 13.2 Å². The number of hydrogen-bond acceptors (Lipinski definition) is 0. The van der Waals surface area contributed by atoms with Gasteiger partial charge in [0.05, 0.1) is 5.56 Å². The maximum absolute atomic E-state index is 14.6. The summed E-state index contributed by atoms with van der Waals surface area (Å²) >= 11 is 0. The molecule has 0 aliphatic heterocycles. The van der Waals surface area contributed by atoms with E-state index in [1.165, 1.54) is 49.9 Å². The van der Waals surface area contributed by atoms with Crippen molar-refractivity contribution in [2.45, 2.75) is 38.4 Å². The molecule has 2 aromatic carbocycles. The molecule has 136 valence electrons. The highest BCUT2D eigenvalue weighted by Gasteiger charge is 2.34. The predicted octanol–water partition coefficient (Wildman–Crippen LogP) is 6.66. The van der Waals surface area contributed by atoms with Gasteiger partial charge in [-0.05, 0) is 48.6 Å². The van der Waals surface area contributed by atoms with E-state index in [4.69, 9.17) is 0 Å². The number of alkyl halides is 3. The molecule has 1 heterocycles. The molecule has 0 amide bonds. The number of hydrogen-bond donors (Lipinski definition) is 0. The van der Waals surface area contributed by atoms with E-state index in [1.54, 1.807) is 6.07 Å². The van der Waals surface area contributed by atoms with Gasteiger partial charge in [0.25, 0.3) is 0 Å². The molecule has 0 radical (unpaired) electrons. The summed E-state index contributed by atoms with van der Waals surface area (Å²) in [6, 6.07) is 9.88. The predicted molar refractivity (Wildman–Crippen MR) is 94.3 cm³/mol. The summed E-state index contributed by atoms with van der Waals surface area (Å²) in [6.45, 7) is 0.829. The lowest BCUT2D eigenvalue weighted by atomic mass is 9.98. The van der Waals surface area contributed by atoms with E-state index in [2.05, 4.69) is 0 Å². The van der Waals surface area contributed by atoms with Crippen molar-refractivity contribution in [3.05, 3.63) is 60.0 Å². The maximum Gasteiger partial charge on any atom is 0.417 e. The second kappa shape index (κ2) is 6.45. The number of rotatable bonds is 3. The van der Waals surface area contributed by atoms with Crippen molar-refractivity contribution in [1.82, 2.24) is 4.57 Å². The molecule has 0 bridgehead atoms. The average Bonchev–Trinajstić information content (AvgIpc) is 3.24. The summed E-state index contributed by atoms with van der Waals surface area (Å²) in [7, 11) is 0. The Morgan fingerprint density at radius 3 is 2.42 bits per heavy atom. The van der Waals surface area contributed by atoms with Crippen molar-refractivity contribution in [2.75, 3.05) is 0 Å². The minimum atomic E-state index is -4.52. The first-order chi connectivity index (χ1) is 12.4. The van der Waals surface area contributed by atoms with Gasteiger partial charge in [0.15, 0.2) is 0 Å².